The molecule has 0 unspecified atom stereocenters. The normalized spacial score (nSPS) is 10.1. The molecule has 0 amide bonds. The van der Waals surface area contributed by atoms with Crippen LogP contribution in [0.15, 0.2) is 18.2 Å². The van der Waals surface area contributed by atoms with Crippen LogP contribution in [0, 0.1) is 0 Å². The molecular formula is C15H24ClNO4. The smallest absolute Gasteiger partial charge is 0.303 e. The van der Waals surface area contributed by atoms with Crippen molar-refractivity contribution in [3.05, 3.63) is 23.8 Å². The van der Waals surface area contributed by atoms with Crippen molar-refractivity contribution in [3.8, 4) is 11.5 Å². The van der Waals surface area contributed by atoms with E-state index >= 15 is 0 Å². The first-order chi connectivity index (χ1) is 9.56. The van der Waals surface area contributed by atoms with E-state index in [1.807, 2.05) is 25.2 Å². The van der Waals surface area contributed by atoms with Gasteiger partial charge in [-0.1, -0.05) is 6.07 Å². The highest BCUT2D eigenvalue weighted by molar-refractivity contribution is 5.85. The van der Waals surface area contributed by atoms with Crippen LogP contribution in [0.2, 0.25) is 0 Å². The Balaban J connectivity index is 0.00000400. The van der Waals surface area contributed by atoms with Crippen molar-refractivity contribution in [2.24, 2.45) is 0 Å². The van der Waals surface area contributed by atoms with Crippen LogP contribution < -0.4 is 9.47 Å². The second-order valence-electron chi connectivity index (χ2n) is 4.77. The minimum Gasteiger partial charge on any atom is -0.497 e. The predicted octanol–water partition coefficient (Wildman–Crippen LogP) is 2.81. The Hall–Kier alpha value is -1.46. The maximum atomic E-state index is 10.4. The molecule has 6 heteroatoms. The fraction of sp³-hybridized carbons (Fsp3) is 0.533. The number of carboxylic acids is 1. The highest BCUT2D eigenvalue weighted by atomic mass is 35.5. The van der Waals surface area contributed by atoms with Gasteiger partial charge in [-0.05, 0) is 32.5 Å². The predicted molar refractivity (Wildman–Crippen MR) is 84.6 cm³/mol. The number of nitrogens with zero attached hydrogens (tertiary/aromatic N) is 1. The molecular weight excluding hydrogens is 294 g/mol. The van der Waals surface area contributed by atoms with Crippen molar-refractivity contribution in [3.63, 3.8) is 0 Å². The van der Waals surface area contributed by atoms with Gasteiger partial charge in [0, 0.05) is 24.6 Å². The minimum atomic E-state index is -0.732. The van der Waals surface area contributed by atoms with E-state index in [1.54, 1.807) is 14.2 Å². The van der Waals surface area contributed by atoms with Crippen molar-refractivity contribution in [2.75, 3.05) is 27.8 Å². The van der Waals surface area contributed by atoms with Crippen LogP contribution in [0.25, 0.3) is 0 Å². The fourth-order valence-electron chi connectivity index (χ4n) is 2.01. The van der Waals surface area contributed by atoms with Gasteiger partial charge < -0.3 is 19.5 Å². The molecule has 1 N–H and O–H groups in total. The van der Waals surface area contributed by atoms with E-state index in [2.05, 4.69) is 4.90 Å². The lowest BCUT2D eigenvalue weighted by Gasteiger charge is -2.18. The molecule has 0 bridgehead atoms. The number of methoxy groups -OCH3 is 2. The molecule has 0 saturated carbocycles. The standard InChI is InChI=1S/C15H23NO4.ClH/c1-16(9-5-4-6-15(17)18)11-12-7-8-13(19-2)10-14(12)20-3;/h7-8,10H,4-6,9,11H2,1-3H3,(H,17,18);1H. The fourth-order valence-corrected chi connectivity index (χ4v) is 2.01. The average molecular weight is 318 g/mol. The molecule has 5 nitrogen and oxygen atoms in total. The molecule has 0 fully saturated rings. The van der Waals surface area contributed by atoms with Crippen LogP contribution >= 0.6 is 12.4 Å². The van der Waals surface area contributed by atoms with Gasteiger partial charge in [-0.15, -0.1) is 12.4 Å². The summed E-state index contributed by atoms with van der Waals surface area (Å²) in [4.78, 5) is 12.6. The second-order valence-corrected chi connectivity index (χ2v) is 4.77. The number of ether oxygens (including phenoxy) is 2. The van der Waals surface area contributed by atoms with Gasteiger partial charge in [-0.3, -0.25) is 4.79 Å². The van der Waals surface area contributed by atoms with E-state index in [1.165, 1.54) is 0 Å². The van der Waals surface area contributed by atoms with Gasteiger partial charge in [0.05, 0.1) is 14.2 Å². The molecule has 0 spiro atoms. The third-order valence-corrected chi connectivity index (χ3v) is 3.11. The Morgan fingerprint density at radius 3 is 2.52 bits per heavy atom. The van der Waals surface area contributed by atoms with Crippen LogP contribution in [-0.2, 0) is 11.3 Å². The lowest BCUT2D eigenvalue weighted by atomic mass is 10.1. The van der Waals surface area contributed by atoms with Crippen LogP contribution in [-0.4, -0.2) is 43.8 Å². The summed E-state index contributed by atoms with van der Waals surface area (Å²) in [6.45, 7) is 1.63. The number of halogens is 1. The first-order valence-corrected chi connectivity index (χ1v) is 6.68. The van der Waals surface area contributed by atoms with Gasteiger partial charge in [0.25, 0.3) is 0 Å². The summed E-state index contributed by atoms with van der Waals surface area (Å²) in [5, 5.41) is 8.59. The Kier molecular flexibility index (Phi) is 9.58. The summed E-state index contributed by atoms with van der Waals surface area (Å²) in [6.07, 6.45) is 1.82. The lowest BCUT2D eigenvalue weighted by molar-refractivity contribution is -0.137. The number of carboxylic acid groups (broad SMARTS) is 1. The van der Waals surface area contributed by atoms with E-state index in [-0.39, 0.29) is 18.8 Å². The molecule has 0 aliphatic heterocycles. The van der Waals surface area contributed by atoms with E-state index in [0.29, 0.717) is 6.42 Å². The molecule has 21 heavy (non-hydrogen) atoms. The topological polar surface area (TPSA) is 59.0 Å². The summed E-state index contributed by atoms with van der Waals surface area (Å²) in [6, 6.07) is 5.77. The van der Waals surface area contributed by atoms with Gasteiger partial charge in [0.15, 0.2) is 0 Å². The number of carbonyl (C=O) groups is 1. The number of unbranched alkanes of at least 4 members (excludes halogenated alkanes) is 1. The molecule has 1 aromatic carbocycles. The van der Waals surface area contributed by atoms with E-state index in [9.17, 15) is 4.79 Å². The van der Waals surface area contributed by atoms with Crippen molar-refractivity contribution in [1.29, 1.82) is 0 Å². The van der Waals surface area contributed by atoms with Crippen molar-refractivity contribution in [2.45, 2.75) is 25.8 Å². The maximum Gasteiger partial charge on any atom is 0.303 e. The third kappa shape index (κ3) is 7.20. The Morgan fingerprint density at radius 1 is 1.24 bits per heavy atom. The first-order valence-electron chi connectivity index (χ1n) is 6.68. The largest absolute Gasteiger partial charge is 0.497 e. The molecule has 0 aliphatic rings. The highest BCUT2D eigenvalue weighted by Gasteiger charge is 2.08. The molecule has 120 valence electrons. The molecule has 1 aromatic rings. The lowest BCUT2D eigenvalue weighted by Crippen LogP contribution is -2.19. The minimum absolute atomic E-state index is 0. The SMILES string of the molecule is COc1ccc(CN(C)CCCCC(=O)O)c(OC)c1.Cl. The van der Waals surface area contributed by atoms with Crippen molar-refractivity contribution < 1.29 is 19.4 Å². The van der Waals surface area contributed by atoms with Gasteiger partial charge in [-0.2, -0.15) is 0 Å². The number of rotatable bonds is 9. The van der Waals surface area contributed by atoms with Crippen molar-refractivity contribution >= 4 is 18.4 Å². The third-order valence-electron chi connectivity index (χ3n) is 3.11. The van der Waals surface area contributed by atoms with Gasteiger partial charge in [0.1, 0.15) is 11.5 Å². The number of benzene rings is 1. The number of aliphatic carboxylic acids is 1. The van der Waals surface area contributed by atoms with Gasteiger partial charge >= 0.3 is 5.97 Å². The van der Waals surface area contributed by atoms with Crippen LogP contribution in [0.3, 0.4) is 0 Å². The van der Waals surface area contributed by atoms with E-state index < -0.39 is 5.97 Å². The van der Waals surface area contributed by atoms with Gasteiger partial charge in [-0.25, -0.2) is 0 Å². The second kappa shape index (κ2) is 10.3. The van der Waals surface area contributed by atoms with Crippen molar-refractivity contribution in [1.82, 2.24) is 4.90 Å². The maximum absolute atomic E-state index is 10.4. The Morgan fingerprint density at radius 2 is 1.95 bits per heavy atom. The molecule has 0 atom stereocenters. The molecule has 0 aromatic heterocycles. The van der Waals surface area contributed by atoms with Crippen LogP contribution in [0.5, 0.6) is 11.5 Å². The Labute approximate surface area is 132 Å². The Bertz CT molecular complexity index is 440. The molecule has 1 rings (SSSR count). The summed E-state index contributed by atoms with van der Waals surface area (Å²) in [5.74, 6) is 0.848. The molecule has 0 aliphatic carbocycles. The van der Waals surface area contributed by atoms with E-state index in [4.69, 9.17) is 14.6 Å². The number of hydrogen-bond donors (Lipinski definition) is 1. The summed E-state index contributed by atoms with van der Waals surface area (Å²) in [5.41, 5.74) is 1.09. The zero-order valence-electron chi connectivity index (χ0n) is 12.8. The quantitative estimate of drug-likeness (QED) is 0.710. The van der Waals surface area contributed by atoms with Gasteiger partial charge in [0.2, 0.25) is 0 Å². The zero-order valence-corrected chi connectivity index (χ0v) is 13.6. The molecule has 0 saturated heterocycles. The first kappa shape index (κ1) is 19.5. The van der Waals surface area contributed by atoms with E-state index in [0.717, 1.165) is 36.6 Å². The summed E-state index contributed by atoms with van der Waals surface area (Å²) < 4.78 is 10.5. The average Bonchev–Trinajstić information content (AvgIpc) is 2.43. The zero-order chi connectivity index (χ0) is 15.0. The van der Waals surface area contributed by atoms with Crippen LogP contribution in [0.1, 0.15) is 24.8 Å². The molecule has 0 radical (unpaired) electrons. The highest BCUT2D eigenvalue weighted by Crippen LogP contribution is 2.25. The monoisotopic (exact) mass is 317 g/mol. The van der Waals surface area contributed by atoms with Crippen LogP contribution in [0.4, 0.5) is 0 Å². The molecule has 0 heterocycles. The summed E-state index contributed by atoms with van der Waals surface area (Å²) in [7, 11) is 5.29. The summed E-state index contributed by atoms with van der Waals surface area (Å²) >= 11 is 0. The number of hydrogen-bond acceptors (Lipinski definition) is 4.